The van der Waals surface area contributed by atoms with E-state index < -0.39 is 17.2 Å². The summed E-state index contributed by atoms with van der Waals surface area (Å²) >= 11 is 0. The summed E-state index contributed by atoms with van der Waals surface area (Å²) in [5.41, 5.74) is 4.24. The Kier molecular flexibility index (Phi) is 9.80. The van der Waals surface area contributed by atoms with Gasteiger partial charge < -0.3 is 15.0 Å². The standard InChI is InChI=1S/C35H38FN3O3/c1-24(2)42-33(40)17-10-25-9-16-31(36)32(21-25)38-34(41)35(18-6-5-7-19-35)22-26-8-15-30(28(20-26)23-37)27-11-13-29(14-12-27)39(3)4/h8-17,20-21,24H,5-7,18-19,22H2,1-4H3,(H,38,41)/b17-10+. The number of benzene rings is 3. The van der Waals surface area contributed by atoms with Crippen molar-refractivity contribution in [2.45, 2.75) is 58.5 Å². The van der Waals surface area contributed by atoms with Gasteiger partial charge in [0.2, 0.25) is 5.91 Å². The molecule has 7 heteroatoms. The summed E-state index contributed by atoms with van der Waals surface area (Å²) in [7, 11) is 3.97. The molecule has 1 N–H and O–H groups in total. The van der Waals surface area contributed by atoms with Crippen LogP contribution in [0, 0.1) is 22.6 Å². The van der Waals surface area contributed by atoms with Crippen molar-refractivity contribution in [2.24, 2.45) is 5.41 Å². The van der Waals surface area contributed by atoms with E-state index in [1.54, 1.807) is 19.9 Å². The van der Waals surface area contributed by atoms with Gasteiger partial charge in [-0.25, -0.2) is 9.18 Å². The van der Waals surface area contributed by atoms with Gasteiger partial charge in [0.1, 0.15) is 5.82 Å². The Bertz CT molecular complexity index is 1500. The van der Waals surface area contributed by atoms with Gasteiger partial charge in [0.25, 0.3) is 0 Å². The van der Waals surface area contributed by atoms with Crippen molar-refractivity contribution in [2.75, 3.05) is 24.3 Å². The normalized spacial score (nSPS) is 14.4. The molecule has 42 heavy (non-hydrogen) atoms. The largest absolute Gasteiger partial charge is 0.460 e. The summed E-state index contributed by atoms with van der Waals surface area (Å²) in [6.45, 7) is 3.52. The van der Waals surface area contributed by atoms with E-state index in [0.717, 1.165) is 41.6 Å². The second kappa shape index (κ2) is 13.5. The van der Waals surface area contributed by atoms with Crippen LogP contribution in [-0.2, 0) is 20.7 Å². The maximum atomic E-state index is 14.8. The van der Waals surface area contributed by atoms with E-state index >= 15 is 0 Å². The molecular weight excluding hydrogens is 529 g/mol. The summed E-state index contributed by atoms with van der Waals surface area (Å²) < 4.78 is 19.9. The molecule has 0 saturated heterocycles. The summed E-state index contributed by atoms with van der Waals surface area (Å²) in [5.74, 6) is -1.27. The minimum absolute atomic E-state index is 0.0681. The molecule has 3 aromatic rings. The van der Waals surface area contributed by atoms with Gasteiger partial charge in [0.15, 0.2) is 0 Å². The molecular formula is C35H38FN3O3. The molecule has 218 valence electrons. The number of nitrogens with one attached hydrogen (secondary N) is 1. The Hall–Kier alpha value is -4.44. The highest BCUT2D eigenvalue weighted by atomic mass is 19.1. The number of nitrogens with zero attached hydrogens (tertiary/aromatic N) is 2. The molecule has 0 radical (unpaired) electrons. The summed E-state index contributed by atoms with van der Waals surface area (Å²) in [6.07, 6.45) is 7.23. The topological polar surface area (TPSA) is 82.4 Å². The lowest BCUT2D eigenvalue weighted by Gasteiger charge is -2.36. The zero-order chi connectivity index (χ0) is 30.3. The number of nitriles is 1. The van der Waals surface area contributed by atoms with Crippen LogP contribution in [0.15, 0.2) is 66.7 Å². The van der Waals surface area contributed by atoms with Gasteiger partial charge in [0.05, 0.1) is 28.8 Å². The molecule has 4 rings (SSSR count). The molecule has 1 fully saturated rings. The first-order valence-corrected chi connectivity index (χ1v) is 14.4. The van der Waals surface area contributed by atoms with Crippen LogP contribution in [0.25, 0.3) is 17.2 Å². The molecule has 6 nitrogen and oxygen atoms in total. The third-order valence-electron chi connectivity index (χ3n) is 7.74. The number of halogens is 1. The van der Waals surface area contributed by atoms with Gasteiger partial charge in [-0.15, -0.1) is 0 Å². The van der Waals surface area contributed by atoms with Gasteiger partial charge in [-0.1, -0.05) is 49.6 Å². The number of carbonyl (C=O) groups is 2. The van der Waals surface area contributed by atoms with Crippen molar-refractivity contribution in [3.63, 3.8) is 0 Å². The molecule has 0 spiro atoms. The van der Waals surface area contributed by atoms with Crippen molar-refractivity contribution in [3.05, 3.63) is 89.2 Å². The van der Waals surface area contributed by atoms with E-state index in [9.17, 15) is 19.2 Å². The van der Waals surface area contributed by atoms with Gasteiger partial charge in [-0.3, -0.25) is 4.79 Å². The first kappa shape index (κ1) is 30.5. The lowest BCUT2D eigenvalue weighted by atomic mass is 9.69. The average Bonchev–Trinajstić information content (AvgIpc) is 2.97. The van der Waals surface area contributed by atoms with Gasteiger partial charge >= 0.3 is 5.97 Å². The molecule has 1 saturated carbocycles. The fourth-order valence-corrected chi connectivity index (χ4v) is 5.52. The number of rotatable bonds is 9. The molecule has 0 aromatic heterocycles. The quantitative estimate of drug-likeness (QED) is 0.214. The predicted octanol–water partition coefficient (Wildman–Crippen LogP) is 7.53. The lowest BCUT2D eigenvalue weighted by Crippen LogP contribution is -2.40. The second-order valence-corrected chi connectivity index (χ2v) is 11.5. The summed E-state index contributed by atoms with van der Waals surface area (Å²) in [5, 5.41) is 12.8. The van der Waals surface area contributed by atoms with E-state index in [4.69, 9.17) is 4.74 Å². The lowest BCUT2D eigenvalue weighted by molar-refractivity contribution is -0.141. The average molecular weight is 568 g/mol. The van der Waals surface area contributed by atoms with Crippen LogP contribution in [0.3, 0.4) is 0 Å². The van der Waals surface area contributed by atoms with Crippen molar-refractivity contribution in [3.8, 4) is 17.2 Å². The molecule has 0 bridgehead atoms. The highest BCUT2D eigenvalue weighted by Crippen LogP contribution is 2.41. The Morgan fingerprint density at radius 3 is 2.40 bits per heavy atom. The number of hydrogen-bond donors (Lipinski definition) is 1. The van der Waals surface area contributed by atoms with Crippen LogP contribution in [-0.4, -0.2) is 32.1 Å². The molecule has 1 aliphatic rings. The van der Waals surface area contributed by atoms with Crippen LogP contribution in [0.2, 0.25) is 0 Å². The Labute approximate surface area is 247 Å². The van der Waals surface area contributed by atoms with E-state index in [1.165, 1.54) is 24.3 Å². The summed E-state index contributed by atoms with van der Waals surface area (Å²) in [4.78, 5) is 27.7. The third-order valence-corrected chi connectivity index (χ3v) is 7.74. The first-order chi connectivity index (χ1) is 20.1. The number of hydrogen-bond acceptors (Lipinski definition) is 5. The number of amides is 1. The molecule has 1 amide bonds. The second-order valence-electron chi connectivity index (χ2n) is 11.5. The molecule has 0 unspecified atom stereocenters. The molecule has 3 aromatic carbocycles. The van der Waals surface area contributed by atoms with Crippen molar-refractivity contribution >= 4 is 29.3 Å². The zero-order valence-corrected chi connectivity index (χ0v) is 24.7. The number of ether oxygens (including phenoxy) is 1. The van der Waals surface area contributed by atoms with Crippen molar-refractivity contribution < 1.29 is 18.7 Å². The van der Waals surface area contributed by atoms with Gasteiger partial charge in [-0.2, -0.15) is 5.26 Å². The third kappa shape index (κ3) is 7.44. The van der Waals surface area contributed by atoms with Crippen molar-refractivity contribution in [1.82, 2.24) is 0 Å². The van der Waals surface area contributed by atoms with Crippen LogP contribution < -0.4 is 10.2 Å². The van der Waals surface area contributed by atoms with Crippen LogP contribution in [0.5, 0.6) is 0 Å². The molecule has 0 atom stereocenters. The SMILES string of the molecule is CC(C)OC(=O)/C=C/c1ccc(F)c(NC(=O)C2(Cc3ccc(-c4ccc(N(C)C)cc4)c(C#N)c3)CCCCC2)c1. The van der Waals surface area contributed by atoms with Crippen LogP contribution >= 0.6 is 0 Å². The van der Waals surface area contributed by atoms with Gasteiger partial charge in [-0.05, 0) is 91.8 Å². The number of carbonyl (C=O) groups excluding carboxylic acids is 2. The highest BCUT2D eigenvalue weighted by Gasteiger charge is 2.40. The highest BCUT2D eigenvalue weighted by molar-refractivity contribution is 5.96. The Morgan fingerprint density at radius 1 is 1.05 bits per heavy atom. The van der Waals surface area contributed by atoms with E-state index in [1.807, 2.05) is 61.5 Å². The number of esters is 1. The monoisotopic (exact) mass is 567 g/mol. The Morgan fingerprint density at radius 2 is 1.76 bits per heavy atom. The summed E-state index contributed by atoms with van der Waals surface area (Å²) in [6, 6.07) is 20.5. The molecule has 1 aliphatic carbocycles. The minimum Gasteiger partial charge on any atom is -0.460 e. The minimum atomic E-state index is -0.723. The zero-order valence-electron chi connectivity index (χ0n) is 24.7. The molecule has 0 heterocycles. The maximum Gasteiger partial charge on any atom is 0.331 e. The van der Waals surface area contributed by atoms with Crippen LogP contribution in [0.4, 0.5) is 15.8 Å². The van der Waals surface area contributed by atoms with E-state index in [-0.39, 0.29) is 17.7 Å². The van der Waals surface area contributed by atoms with Crippen LogP contribution in [0.1, 0.15) is 62.6 Å². The van der Waals surface area contributed by atoms with E-state index in [2.05, 4.69) is 11.4 Å². The Balaban J connectivity index is 1.57. The van der Waals surface area contributed by atoms with Crippen molar-refractivity contribution in [1.29, 1.82) is 5.26 Å². The fraction of sp³-hybridized carbons (Fsp3) is 0.343. The molecule has 0 aliphatic heterocycles. The maximum absolute atomic E-state index is 14.8. The van der Waals surface area contributed by atoms with Gasteiger partial charge in [0, 0.05) is 25.9 Å². The first-order valence-electron chi connectivity index (χ1n) is 14.4. The predicted molar refractivity (Wildman–Crippen MR) is 165 cm³/mol. The fourth-order valence-electron chi connectivity index (χ4n) is 5.52. The smallest absolute Gasteiger partial charge is 0.331 e. The number of anilines is 2. The van der Waals surface area contributed by atoms with E-state index in [0.29, 0.717) is 30.4 Å².